The number of anilines is 1. The molecule has 0 bridgehead atoms. The van der Waals surface area contributed by atoms with Gasteiger partial charge < -0.3 is 10.2 Å². The minimum atomic E-state index is -3.98. The summed E-state index contributed by atoms with van der Waals surface area (Å²) in [5.74, 6) is -0.966. The van der Waals surface area contributed by atoms with E-state index < -0.39 is 28.5 Å². The fraction of sp³-hybridized carbons (Fsp3) is 0.310. The zero-order valence-corrected chi connectivity index (χ0v) is 25.6. The molecule has 3 aromatic rings. The van der Waals surface area contributed by atoms with Crippen LogP contribution in [0, 0.1) is 0 Å². The molecule has 3 rings (SSSR count). The molecule has 0 heterocycles. The van der Waals surface area contributed by atoms with Crippen LogP contribution in [-0.4, -0.2) is 50.0 Å². The van der Waals surface area contributed by atoms with Crippen LogP contribution >= 0.6 is 34.8 Å². The predicted octanol–water partition coefficient (Wildman–Crippen LogP) is 5.97. The van der Waals surface area contributed by atoms with Gasteiger partial charge in [0, 0.05) is 29.1 Å². The summed E-state index contributed by atoms with van der Waals surface area (Å²) in [6.45, 7) is 3.20. The number of halogens is 3. The summed E-state index contributed by atoms with van der Waals surface area (Å²) in [5, 5.41) is 3.76. The Kier molecular flexibility index (Phi) is 11.3. The fourth-order valence-corrected chi connectivity index (χ4v) is 5.56. The Hall–Kier alpha value is -2.78. The van der Waals surface area contributed by atoms with E-state index in [1.165, 1.54) is 23.1 Å². The number of hydrogen-bond donors (Lipinski definition) is 1. The van der Waals surface area contributed by atoms with Crippen LogP contribution < -0.4 is 9.62 Å². The van der Waals surface area contributed by atoms with Crippen LogP contribution in [0.15, 0.2) is 72.8 Å². The van der Waals surface area contributed by atoms with Crippen molar-refractivity contribution in [2.75, 3.05) is 17.1 Å². The van der Waals surface area contributed by atoms with Gasteiger partial charge in [0.1, 0.15) is 12.6 Å². The number of amides is 2. The van der Waals surface area contributed by atoms with E-state index >= 15 is 0 Å². The highest BCUT2D eigenvalue weighted by Gasteiger charge is 2.34. The summed E-state index contributed by atoms with van der Waals surface area (Å²) in [7, 11) is -3.98. The topological polar surface area (TPSA) is 86.8 Å². The first-order valence-electron chi connectivity index (χ1n) is 12.7. The maximum atomic E-state index is 14.1. The van der Waals surface area contributed by atoms with Crippen LogP contribution in [0.25, 0.3) is 0 Å². The van der Waals surface area contributed by atoms with Crippen molar-refractivity contribution in [3.05, 3.63) is 99.0 Å². The van der Waals surface area contributed by atoms with Gasteiger partial charge in [-0.3, -0.25) is 13.9 Å². The largest absolute Gasteiger partial charge is 0.352 e. The van der Waals surface area contributed by atoms with Crippen LogP contribution in [0.1, 0.15) is 31.4 Å². The first-order valence-corrected chi connectivity index (χ1v) is 15.7. The number of rotatable bonds is 12. The summed E-state index contributed by atoms with van der Waals surface area (Å²) in [4.78, 5) is 29.2. The first-order chi connectivity index (χ1) is 18.9. The first kappa shape index (κ1) is 31.7. The monoisotopic (exact) mass is 623 g/mol. The molecule has 40 heavy (non-hydrogen) atoms. The molecule has 0 fully saturated rings. The quantitative estimate of drug-likeness (QED) is 0.269. The van der Waals surface area contributed by atoms with E-state index in [0.717, 1.165) is 16.1 Å². The van der Waals surface area contributed by atoms with Gasteiger partial charge in [0.25, 0.3) is 0 Å². The van der Waals surface area contributed by atoms with Gasteiger partial charge in [-0.25, -0.2) is 8.42 Å². The molecule has 0 aliphatic heterocycles. The second-order valence-corrected chi connectivity index (χ2v) is 12.7. The number of sulfonamides is 1. The lowest BCUT2D eigenvalue weighted by atomic mass is 10.0. The van der Waals surface area contributed by atoms with E-state index in [-0.39, 0.29) is 40.6 Å². The average Bonchev–Trinajstić information content (AvgIpc) is 2.91. The van der Waals surface area contributed by atoms with E-state index in [0.29, 0.717) is 17.0 Å². The Bertz CT molecular complexity index is 1440. The van der Waals surface area contributed by atoms with Crippen molar-refractivity contribution >= 4 is 62.3 Å². The van der Waals surface area contributed by atoms with Crippen LogP contribution in [-0.2, 0) is 32.6 Å². The summed E-state index contributed by atoms with van der Waals surface area (Å²) in [6.07, 6.45) is 1.88. The molecule has 2 atom stereocenters. The Balaban J connectivity index is 2.10. The Morgan fingerprint density at radius 1 is 0.925 bits per heavy atom. The third-order valence-electron chi connectivity index (χ3n) is 6.43. The van der Waals surface area contributed by atoms with Crippen molar-refractivity contribution in [3.63, 3.8) is 0 Å². The number of nitrogens with zero attached hydrogens (tertiary/aromatic N) is 2. The lowest BCUT2D eigenvalue weighted by molar-refractivity contribution is -0.140. The van der Waals surface area contributed by atoms with Gasteiger partial charge in [0.2, 0.25) is 21.8 Å². The standard InChI is InChI=1S/C29H32Cl3N3O4S/c1-4-20(2)33-29(37)27(16-21-10-6-5-7-11-21)34(18-22-12-8-9-13-24(22)31)28(36)19-35(40(3,38)39)26-17-23(30)14-15-25(26)32/h5-15,17,20,27H,4,16,18-19H2,1-3H3,(H,33,37)/t20-,27+/m1/s1. The molecule has 0 spiro atoms. The van der Waals surface area contributed by atoms with Gasteiger partial charge >= 0.3 is 0 Å². The zero-order valence-electron chi connectivity index (χ0n) is 22.5. The van der Waals surface area contributed by atoms with E-state index in [2.05, 4.69) is 5.32 Å². The molecule has 0 unspecified atom stereocenters. The molecule has 1 N–H and O–H groups in total. The van der Waals surface area contributed by atoms with Crippen molar-refractivity contribution in [3.8, 4) is 0 Å². The molecule has 0 aliphatic carbocycles. The van der Waals surface area contributed by atoms with Crippen LogP contribution in [0.5, 0.6) is 0 Å². The fourth-order valence-electron chi connectivity index (χ4n) is 4.08. The minimum absolute atomic E-state index is 0.0230. The van der Waals surface area contributed by atoms with Gasteiger partial charge in [-0.15, -0.1) is 0 Å². The number of carbonyl (C=O) groups excluding carboxylic acids is 2. The van der Waals surface area contributed by atoms with Gasteiger partial charge in [-0.1, -0.05) is 90.3 Å². The molecular weight excluding hydrogens is 593 g/mol. The molecule has 0 radical (unpaired) electrons. The summed E-state index contributed by atoms with van der Waals surface area (Å²) in [6, 6.07) is 19.6. The van der Waals surface area contributed by atoms with E-state index in [4.69, 9.17) is 34.8 Å². The Morgan fingerprint density at radius 3 is 2.20 bits per heavy atom. The normalized spacial score (nSPS) is 12.8. The van der Waals surface area contributed by atoms with E-state index in [1.807, 2.05) is 44.2 Å². The Labute approximate surface area is 251 Å². The number of benzene rings is 3. The summed E-state index contributed by atoms with van der Waals surface area (Å²) in [5.41, 5.74) is 1.51. The highest BCUT2D eigenvalue weighted by molar-refractivity contribution is 7.92. The van der Waals surface area contributed by atoms with Gasteiger partial charge in [-0.2, -0.15) is 0 Å². The van der Waals surface area contributed by atoms with Crippen molar-refractivity contribution in [2.45, 2.75) is 45.3 Å². The van der Waals surface area contributed by atoms with Crippen molar-refractivity contribution in [1.29, 1.82) is 0 Å². The number of hydrogen-bond acceptors (Lipinski definition) is 4. The van der Waals surface area contributed by atoms with Crippen LogP contribution in [0.4, 0.5) is 5.69 Å². The van der Waals surface area contributed by atoms with Crippen molar-refractivity contribution in [2.24, 2.45) is 0 Å². The lowest BCUT2D eigenvalue weighted by Gasteiger charge is -2.34. The van der Waals surface area contributed by atoms with Crippen LogP contribution in [0.2, 0.25) is 15.1 Å². The molecule has 0 aliphatic rings. The second-order valence-electron chi connectivity index (χ2n) is 9.50. The van der Waals surface area contributed by atoms with Gasteiger partial charge in [0.15, 0.2) is 0 Å². The molecule has 214 valence electrons. The molecule has 0 saturated carbocycles. The zero-order chi connectivity index (χ0) is 29.4. The maximum absolute atomic E-state index is 14.1. The van der Waals surface area contributed by atoms with Gasteiger partial charge in [0.05, 0.1) is 17.0 Å². The number of carbonyl (C=O) groups is 2. The third kappa shape index (κ3) is 8.61. The summed E-state index contributed by atoms with van der Waals surface area (Å²) >= 11 is 18.9. The molecule has 11 heteroatoms. The molecule has 7 nitrogen and oxygen atoms in total. The third-order valence-corrected chi connectivity index (χ3v) is 8.48. The molecular formula is C29H32Cl3N3O4S. The van der Waals surface area contributed by atoms with Crippen molar-refractivity contribution in [1.82, 2.24) is 10.2 Å². The highest BCUT2D eigenvalue weighted by Crippen LogP contribution is 2.31. The Morgan fingerprint density at radius 2 is 1.57 bits per heavy atom. The predicted molar refractivity (Wildman–Crippen MR) is 162 cm³/mol. The number of nitrogens with one attached hydrogen (secondary N) is 1. The lowest BCUT2D eigenvalue weighted by Crippen LogP contribution is -2.54. The van der Waals surface area contributed by atoms with E-state index in [9.17, 15) is 18.0 Å². The van der Waals surface area contributed by atoms with Gasteiger partial charge in [-0.05, 0) is 48.7 Å². The van der Waals surface area contributed by atoms with Crippen molar-refractivity contribution < 1.29 is 18.0 Å². The minimum Gasteiger partial charge on any atom is -0.352 e. The highest BCUT2D eigenvalue weighted by atomic mass is 35.5. The average molecular weight is 625 g/mol. The molecule has 2 amide bonds. The molecule has 3 aromatic carbocycles. The van der Waals surface area contributed by atoms with E-state index in [1.54, 1.807) is 24.3 Å². The molecule has 0 saturated heterocycles. The smallest absolute Gasteiger partial charge is 0.244 e. The maximum Gasteiger partial charge on any atom is 0.244 e. The van der Waals surface area contributed by atoms with Crippen LogP contribution in [0.3, 0.4) is 0 Å². The second kappa shape index (κ2) is 14.2. The molecule has 0 aromatic heterocycles. The summed E-state index contributed by atoms with van der Waals surface area (Å²) < 4.78 is 26.7. The SMILES string of the molecule is CC[C@@H](C)NC(=O)[C@H](Cc1ccccc1)N(Cc1ccccc1Cl)C(=O)CN(c1cc(Cl)ccc1Cl)S(C)(=O)=O.